The minimum Gasteiger partial charge on any atom is -0.382 e. The van der Waals surface area contributed by atoms with E-state index in [9.17, 15) is 0 Å². The number of ether oxygens (including phenoxy) is 2. The molecule has 0 amide bonds. The molecule has 116 valence electrons. The molecule has 1 N–H and O–H groups in total. The quantitative estimate of drug-likeness (QED) is 0.489. The van der Waals surface area contributed by atoms with Gasteiger partial charge < -0.3 is 14.8 Å². The summed E-state index contributed by atoms with van der Waals surface area (Å²) < 4.78 is 11.3. The second-order valence-electron chi connectivity index (χ2n) is 5.36. The van der Waals surface area contributed by atoms with Crippen LogP contribution in [-0.2, 0) is 9.47 Å². The maximum Gasteiger partial charge on any atom is 0.0674 e. The summed E-state index contributed by atoms with van der Waals surface area (Å²) in [6.45, 7) is 12.2. The van der Waals surface area contributed by atoms with Crippen molar-refractivity contribution in [1.82, 2.24) is 5.32 Å². The van der Waals surface area contributed by atoms with Crippen LogP contribution in [0.15, 0.2) is 0 Å². The number of unbranched alkanes of at least 4 members (excludes halogenated alkanes) is 3. The van der Waals surface area contributed by atoms with E-state index in [1.165, 1.54) is 32.1 Å². The zero-order chi connectivity index (χ0) is 14.3. The maximum atomic E-state index is 5.96. The van der Waals surface area contributed by atoms with Crippen LogP contribution in [0.25, 0.3) is 0 Å². The van der Waals surface area contributed by atoms with Crippen LogP contribution < -0.4 is 5.32 Å². The van der Waals surface area contributed by atoms with E-state index in [-0.39, 0.29) is 0 Å². The molecule has 0 aliphatic heterocycles. The average molecular weight is 273 g/mol. The fourth-order valence-corrected chi connectivity index (χ4v) is 2.12. The molecule has 0 aromatic carbocycles. The van der Waals surface area contributed by atoms with Gasteiger partial charge in [0.15, 0.2) is 0 Å². The van der Waals surface area contributed by atoms with Gasteiger partial charge in [0.1, 0.15) is 0 Å². The molecule has 3 heteroatoms. The highest BCUT2D eigenvalue weighted by Gasteiger charge is 2.07. The third-order valence-corrected chi connectivity index (χ3v) is 3.21. The third kappa shape index (κ3) is 14.1. The van der Waals surface area contributed by atoms with Crippen molar-refractivity contribution in [1.29, 1.82) is 0 Å². The van der Waals surface area contributed by atoms with Gasteiger partial charge in [-0.15, -0.1) is 0 Å². The maximum absolute atomic E-state index is 5.96. The summed E-state index contributed by atoms with van der Waals surface area (Å²) in [6, 6.07) is 0. The number of rotatable bonds is 14. The smallest absolute Gasteiger partial charge is 0.0674 e. The molecule has 0 fully saturated rings. The van der Waals surface area contributed by atoms with E-state index < -0.39 is 0 Å². The Hall–Kier alpha value is -0.120. The van der Waals surface area contributed by atoms with Gasteiger partial charge in [-0.25, -0.2) is 0 Å². The molecule has 19 heavy (non-hydrogen) atoms. The van der Waals surface area contributed by atoms with Crippen molar-refractivity contribution < 1.29 is 9.47 Å². The van der Waals surface area contributed by atoms with Crippen molar-refractivity contribution in [2.75, 3.05) is 26.3 Å². The molecule has 3 nitrogen and oxygen atoms in total. The minimum absolute atomic E-state index is 0.299. The first kappa shape index (κ1) is 18.9. The fraction of sp³-hybridized carbons (Fsp3) is 1.00. The molecule has 0 bridgehead atoms. The monoisotopic (exact) mass is 273 g/mol. The van der Waals surface area contributed by atoms with E-state index in [1.54, 1.807) is 0 Å². The van der Waals surface area contributed by atoms with Crippen LogP contribution in [0.4, 0.5) is 0 Å². The molecule has 0 rings (SSSR count). The lowest BCUT2D eigenvalue weighted by molar-refractivity contribution is 0.00353. The summed E-state index contributed by atoms with van der Waals surface area (Å²) in [5.74, 6) is 0. The van der Waals surface area contributed by atoms with Crippen LogP contribution in [0.2, 0.25) is 0 Å². The van der Waals surface area contributed by atoms with Crippen molar-refractivity contribution in [2.24, 2.45) is 0 Å². The van der Waals surface area contributed by atoms with Gasteiger partial charge in [-0.3, -0.25) is 0 Å². The summed E-state index contributed by atoms with van der Waals surface area (Å²) in [6.07, 6.45) is 8.24. The van der Waals surface area contributed by atoms with Gasteiger partial charge in [0.25, 0.3) is 0 Å². The van der Waals surface area contributed by atoms with Gasteiger partial charge in [0.2, 0.25) is 0 Å². The zero-order valence-corrected chi connectivity index (χ0v) is 13.5. The first-order valence-corrected chi connectivity index (χ1v) is 8.14. The average Bonchev–Trinajstić information content (AvgIpc) is 2.39. The van der Waals surface area contributed by atoms with Crippen molar-refractivity contribution >= 4 is 0 Å². The predicted molar refractivity (Wildman–Crippen MR) is 82.7 cm³/mol. The van der Waals surface area contributed by atoms with E-state index in [1.807, 2.05) is 6.92 Å². The first-order valence-electron chi connectivity index (χ1n) is 8.14. The second-order valence-corrected chi connectivity index (χ2v) is 5.36. The van der Waals surface area contributed by atoms with E-state index in [2.05, 4.69) is 26.1 Å². The number of hydrogen-bond acceptors (Lipinski definition) is 3. The molecular weight excluding hydrogens is 238 g/mol. The third-order valence-electron chi connectivity index (χ3n) is 3.21. The van der Waals surface area contributed by atoms with Gasteiger partial charge in [0.05, 0.1) is 12.2 Å². The van der Waals surface area contributed by atoms with E-state index >= 15 is 0 Å². The molecule has 0 aliphatic carbocycles. The Morgan fingerprint density at radius 1 is 0.947 bits per heavy atom. The van der Waals surface area contributed by atoms with Crippen LogP contribution in [0.3, 0.4) is 0 Å². The number of nitrogens with one attached hydrogen (secondary N) is 1. The molecule has 0 radical (unpaired) electrons. The summed E-state index contributed by atoms with van der Waals surface area (Å²) in [4.78, 5) is 0. The standard InChI is InChI=1S/C16H35NO2/c1-5-7-8-9-11-15(3)19-16(4)14-17-12-10-13-18-6-2/h15-17H,5-14H2,1-4H3. The molecule has 2 atom stereocenters. The highest BCUT2D eigenvalue weighted by atomic mass is 16.5. The van der Waals surface area contributed by atoms with Crippen molar-refractivity contribution in [3.05, 3.63) is 0 Å². The van der Waals surface area contributed by atoms with Crippen LogP contribution >= 0.6 is 0 Å². The summed E-state index contributed by atoms with van der Waals surface area (Å²) in [5.41, 5.74) is 0. The van der Waals surface area contributed by atoms with E-state index in [0.29, 0.717) is 12.2 Å². The molecule has 0 heterocycles. The number of hydrogen-bond donors (Lipinski definition) is 1. The topological polar surface area (TPSA) is 30.5 Å². The summed E-state index contributed by atoms with van der Waals surface area (Å²) in [7, 11) is 0. The Balaban J connectivity index is 3.33. The molecule has 0 aromatic heterocycles. The van der Waals surface area contributed by atoms with Gasteiger partial charge in [-0.2, -0.15) is 0 Å². The predicted octanol–water partition coefficient (Wildman–Crippen LogP) is 3.77. The fourth-order valence-electron chi connectivity index (χ4n) is 2.12. The molecule has 0 aliphatic rings. The highest BCUT2D eigenvalue weighted by molar-refractivity contribution is 4.60. The van der Waals surface area contributed by atoms with E-state index in [4.69, 9.17) is 9.47 Å². The summed E-state index contributed by atoms with van der Waals surface area (Å²) in [5, 5.41) is 3.42. The molecular formula is C16H35NO2. The molecule has 2 unspecified atom stereocenters. The lowest BCUT2D eigenvalue weighted by Crippen LogP contribution is -2.30. The zero-order valence-electron chi connectivity index (χ0n) is 13.5. The molecule has 0 aromatic rings. The van der Waals surface area contributed by atoms with E-state index in [0.717, 1.165) is 32.7 Å². The lowest BCUT2D eigenvalue weighted by Gasteiger charge is -2.19. The Bertz CT molecular complexity index is 176. The van der Waals surface area contributed by atoms with Crippen molar-refractivity contribution in [2.45, 2.75) is 78.4 Å². The highest BCUT2D eigenvalue weighted by Crippen LogP contribution is 2.09. The summed E-state index contributed by atoms with van der Waals surface area (Å²) >= 11 is 0. The van der Waals surface area contributed by atoms with Crippen LogP contribution in [0.1, 0.15) is 66.2 Å². The van der Waals surface area contributed by atoms with Crippen LogP contribution in [0.5, 0.6) is 0 Å². The molecule has 0 saturated heterocycles. The Labute approximate surface area is 120 Å². The Morgan fingerprint density at radius 2 is 1.74 bits per heavy atom. The van der Waals surface area contributed by atoms with Gasteiger partial charge in [-0.1, -0.05) is 32.6 Å². The second kappa shape index (κ2) is 14.3. The normalized spacial score (nSPS) is 14.5. The first-order chi connectivity index (χ1) is 9.20. The Morgan fingerprint density at radius 3 is 2.42 bits per heavy atom. The molecule has 0 saturated carbocycles. The van der Waals surface area contributed by atoms with Gasteiger partial charge in [-0.05, 0) is 40.2 Å². The molecule has 0 spiro atoms. The lowest BCUT2D eigenvalue weighted by atomic mass is 10.1. The minimum atomic E-state index is 0.299. The van der Waals surface area contributed by atoms with Crippen LogP contribution in [-0.4, -0.2) is 38.5 Å². The van der Waals surface area contributed by atoms with Crippen LogP contribution in [0, 0.1) is 0 Å². The van der Waals surface area contributed by atoms with Crippen molar-refractivity contribution in [3.8, 4) is 0 Å². The van der Waals surface area contributed by atoms with Gasteiger partial charge >= 0.3 is 0 Å². The largest absolute Gasteiger partial charge is 0.382 e. The Kier molecular flexibility index (Phi) is 14.2. The van der Waals surface area contributed by atoms with Crippen molar-refractivity contribution in [3.63, 3.8) is 0 Å². The SMILES string of the molecule is CCCCCCC(C)OC(C)CNCCCOCC. The van der Waals surface area contributed by atoms with Gasteiger partial charge in [0, 0.05) is 19.8 Å².